The van der Waals surface area contributed by atoms with Gasteiger partial charge in [-0.05, 0) is 0 Å². The summed E-state index contributed by atoms with van der Waals surface area (Å²) in [5, 5.41) is 0. The predicted octanol–water partition coefficient (Wildman–Crippen LogP) is 2.25. The normalized spacial score (nSPS) is 7.62. The minimum atomic E-state index is 0. The summed E-state index contributed by atoms with van der Waals surface area (Å²) in [6.07, 6.45) is 0. The summed E-state index contributed by atoms with van der Waals surface area (Å²) in [6, 6.07) is 10.5. The summed E-state index contributed by atoms with van der Waals surface area (Å²) in [5.74, 6) is 0. The SMILES string of the molecule is Brc1cc[c-]cc1.[Y]. The molecular weight excluding hydrogens is 241 g/mol. The second-order valence-electron chi connectivity index (χ2n) is 1.22. The molecule has 0 saturated carbocycles. The minimum Gasteiger partial charge on any atom is -0.184 e. The second-order valence-corrected chi connectivity index (χ2v) is 2.13. The summed E-state index contributed by atoms with van der Waals surface area (Å²) < 4.78 is 1.10. The molecule has 0 aromatic heterocycles. The molecule has 0 spiro atoms. The summed E-state index contributed by atoms with van der Waals surface area (Å²) in [7, 11) is 0. The first kappa shape index (κ1) is 8.80. The van der Waals surface area contributed by atoms with E-state index in [4.69, 9.17) is 0 Å². The fourth-order valence-electron chi connectivity index (χ4n) is 0.367. The molecule has 8 heavy (non-hydrogen) atoms. The van der Waals surface area contributed by atoms with Crippen molar-refractivity contribution >= 4 is 15.9 Å². The van der Waals surface area contributed by atoms with E-state index in [0.717, 1.165) is 4.47 Å². The minimum absolute atomic E-state index is 0. The molecule has 1 radical (unpaired) electrons. The molecule has 0 bridgehead atoms. The fourth-order valence-corrected chi connectivity index (χ4v) is 0.631. The Morgan fingerprint density at radius 3 is 2.00 bits per heavy atom. The molecule has 1 aromatic rings. The molecule has 0 aliphatic rings. The third-order valence-corrected chi connectivity index (χ3v) is 1.21. The zero-order valence-corrected chi connectivity index (χ0v) is 8.69. The Bertz CT molecular complexity index is 138. The number of hydrogen-bond acceptors (Lipinski definition) is 0. The van der Waals surface area contributed by atoms with Crippen LogP contribution in [0.2, 0.25) is 0 Å². The Labute approximate surface area is 82.7 Å². The third-order valence-electron chi connectivity index (χ3n) is 0.678. The standard InChI is InChI=1S/C6H4Br.Y/c7-6-4-2-1-3-5-6;/h2-5H;/q-1;. The molecular formula is C6H4BrY-. The van der Waals surface area contributed by atoms with Gasteiger partial charge in [-0.2, -0.15) is 30.3 Å². The van der Waals surface area contributed by atoms with Gasteiger partial charge in [0.25, 0.3) is 0 Å². The monoisotopic (exact) mass is 244 g/mol. The first-order chi connectivity index (χ1) is 3.39. The fraction of sp³-hybridized carbons (Fsp3) is 0. The Balaban J connectivity index is 0.000000490. The van der Waals surface area contributed by atoms with Crippen LogP contribution >= 0.6 is 15.9 Å². The molecule has 1 rings (SSSR count). The summed E-state index contributed by atoms with van der Waals surface area (Å²) in [6.45, 7) is 0. The Kier molecular flexibility index (Phi) is 5.13. The van der Waals surface area contributed by atoms with Crippen molar-refractivity contribution in [3.8, 4) is 0 Å². The van der Waals surface area contributed by atoms with E-state index in [2.05, 4.69) is 22.0 Å². The molecule has 0 heterocycles. The van der Waals surface area contributed by atoms with Crippen molar-refractivity contribution in [3.05, 3.63) is 34.8 Å². The van der Waals surface area contributed by atoms with Gasteiger partial charge in [0, 0.05) is 32.7 Å². The van der Waals surface area contributed by atoms with Crippen molar-refractivity contribution in [2.75, 3.05) is 0 Å². The largest absolute Gasteiger partial charge is 0.184 e. The van der Waals surface area contributed by atoms with Gasteiger partial charge in [-0.25, -0.2) is 0 Å². The van der Waals surface area contributed by atoms with E-state index in [-0.39, 0.29) is 32.7 Å². The van der Waals surface area contributed by atoms with Crippen LogP contribution in [0.15, 0.2) is 28.7 Å². The zero-order valence-electron chi connectivity index (χ0n) is 4.26. The van der Waals surface area contributed by atoms with E-state index in [9.17, 15) is 0 Å². The van der Waals surface area contributed by atoms with Gasteiger partial charge >= 0.3 is 0 Å². The smallest absolute Gasteiger partial charge is 0 e. The molecule has 39 valence electrons. The molecule has 0 aliphatic carbocycles. The van der Waals surface area contributed by atoms with Crippen LogP contribution in [-0.2, 0) is 32.7 Å². The predicted molar refractivity (Wildman–Crippen MR) is 33.0 cm³/mol. The maximum atomic E-state index is 3.29. The molecule has 0 unspecified atom stereocenters. The van der Waals surface area contributed by atoms with Crippen LogP contribution < -0.4 is 0 Å². The van der Waals surface area contributed by atoms with E-state index >= 15 is 0 Å². The molecule has 0 amide bonds. The quantitative estimate of drug-likeness (QED) is 0.615. The second kappa shape index (κ2) is 4.66. The van der Waals surface area contributed by atoms with Gasteiger partial charge in [0.2, 0.25) is 0 Å². The van der Waals surface area contributed by atoms with E-state index in [1.54, 1.807) is 0 Å². The van der Waals surface area contributed by atoms with Crippen molar-refractivity contribution < 1.29 is 32.7 Å². The van der Waals surface area contributed by atoms with Crippen LogP contribution in [0.5, 0.6) is 0 Å². The number of rotatable bonds is 0. The maximum Gasteiger partial charge on any atom is 0 e. The van der Waals surface area contributed by atoms with Crippen molar-refractivity contribution in [1.82, 2.24) is 0 Å². The molecule has 0 N–H and O–H groups in total. The number of halogens is 1. The molecule has 0 saturated heterocycles. The van der Waals surface area contributed by atoms with Gasteiger partial charge in [0.05, 0.1) is 0 Å². The Hall–Kier alpha value is 0.804. The van der Waals surface area contributed by atoms with Gasteiger partial charge in [0.1, 0.15) is 0 Å². The van der Waals surface area contributed by atoms with E-state index in [1.807, 2.05) is 24.3 Å². The zero-order chi connectivity index (χ0) is 5.11. The van der Waals surface area contributed by atoms with Gasteiger partial charge in [-0.3, -0.25) is 0 Å². The third kappa shape index (κ3) is 2.96. The topological polar surface area (TPSA) is 0 Å². The molecule has 2 heteroatoms. The van der Waals surface area contributed by atoms with E-state index < -0.39 is 0 Å². The van der Waals surface area contributed by atoms with Crippen LogP contribution in [0, 0.1) is 6.07 Å². The molecule has 0 fully saturated rings. The van der Waals surface area contributed by atoms with Crippen LogP contribution in [0.4, 0.5) is 0 Å². The van der Waals surface area contributed by atoms with E-state index in [0.29, 0.717) is 0 Å². The maximum absolute atomic E-state index is 3.29. The number of benzene rings is 1. The van der Waals surface area contributed by atoms with Crippen LogP contribution in [0.3, 0.4) is 0 Å². The Morgan fingerprint density at radius 2 is 1.75 bits per heavy atom. The summed E-state index contributed by atoms with van der Waals surface area (Å²) in [5.41, 5.74) is 0. The van der Waals surface area contributed by atoms with Crippen molar-refractivity contribution in [2.45, 2.75) is 0 Å². The molecule has 0 atom stereocenters. The molecule has 0 aliphatic heterocycles. The summed E-state index contributed by atoms with van der Waals surface area (Å²) >= 11 is 3.29. The van der Waals surface area contributed by atoms with Crippen molar-refractivity contribution in [1.29, 1.82) is 0 Å². The first-order valence-corrected chi connectivity index (χ1v) is 2.80. The molecule has 1 aromatic carbocycles. The van der Waals surface area contributed by atoms with Gasteiger partial charge in [-0.1, -0.05) is 20.4 Å². The molecule has 0 nitrogen and oxygen atoms in total. The van der Waals surface area contributed by atoms with Gasteiger partial charge in [0.15, 0.2) is 0 Å². The number of hydrogen-bond donors (Lipinski definition) is 0. The van der Waals surface area contributed by atoms with Crippen LogP contribution in [0.25, 0.3) is 0 Å². The van der Waals surface area contributed by atoms with E-state index in [1.165, 1.54) is 0 Å². The van der Waals surface area contributed by atoms with Crippen molar-refractivity contribution in [3.63, 3.8) is 0 Å². The van der Waals surface area contributed by atoms with Crippen LogP contribution in [-0.4, -0.2) is 0 Å². The Morgan fingerprint density at radius 1 is 1.25 bits per heavy atom. The van der Waals surface area contributed by atoms with Crippen LogP contribution in [0.1, 0.15) is 0 Å². The van der Waals surface area contributed by atoms with Gasteiger partial charge in [-0.15, -0.1) is 0 Å². The average molecular weight is 245 g/mol. The summed E-state index contributed by atoms with van der Waals surface area (Å²) in [4.78, 5) is 0. The average Bonchev–Trinajstić information content (AvgIpc) is 1.69. The first-order valence-electron chi connectivity index (χ1n) is 2.01. The van der Waals surface area contributed by atoms with Crippen molar-refractivity contribution in [2.24, 2.45) is 0 Å². The van der Waals surface area contributed by atoms with Gasteiger partial charge < -0.3 is 0 Å².